The summed E-state index contributed by atoms with van der Waals surface area (Å²) in [6.07, 6.45) is 4.59. The molecule has 0 aromatic heterocycles. The summed E-state index contributed by atoms with van der Waals surface area (Å²) in [4.78, 5) is 2.86. The number of sulfone groups is 1. The number of fused-ring (bicyclic) bond motifs is 1. The average molecular weight is 357 g/mol. The summed E-state index contributed by atoms with van der Waals surface area (Å²) < 4.78 is 28.9. The minimum absolute atomic E-state index is 0.380. The van der Waals surface area contributed by atoms with E-state index in [0.717, 1.165) is 43.9 Å². The van der Waals surface area contributed by atoms with E-state index < -0.39 is 9.84 Å². The zero-order chi connectivity index (χ0) is 17.4. The van der Waals surface area contributed by atoms with Crippen LogP contribution in [0.25, 0.3) is 0 Å². The average Bonchev–Trinajstić information content (AvgIpc) is 3.22. The maximum atomic E-state index is 11.6. The maximum absolute atomic E-state index is 11.6. The molecule has 1 atom stereocenters. The van der Waals surface area contributed by atoms with Crippen molar-refractivity contribution < 1.29 is 13.2 Å². The number of ether oxygens (including phenoxy) is 1. The molecular formula is C20H23NO3S. The van der Waals surface area contributed by atoms with Gasteiger partial charge in [0.25, 0.3) is 0 Å². The largest absolute Gasteiger partial charge is 0.493 e. The monoisotopic (exact) mass is 357 g/mol. The van der Waals surface area contributed by atoms with Gasteiger partial charge in [-0.1, -0.05) is 24.3 Å². The summed E-state index contributed by atoms with van der Waals surface area (Å²) >= 11 is 0. The van der Waals surface area contributed by atoms with E-state index in [1.54, 1.807) is 12.1 Å². The summed E-state index contributed by atoms with van der Waals surface area (Å²) in [7, 11) is -3.13. The van der Waals surface area contributed by atoms with Gasteiger partial charge in [-0.25, -0.2) is 8.42 Å². The molecular weight excluding hydrogens is 334 g/mol. The molecule has 0 amide bonds. The predicted molar refractivity (Wildman–Crippen MR) is 97.6 cm³/mol. The Bertz CT molecular complexity index is 874. The smallest absolute Gasteiger partial charge is 0.175 e. The van der Waals surface area contributed by atoms with Gasteiger partial charge in [0.05, 0.1) is 11.5 Å². The zero-order valence-corrected chi connectivity index (χ0v) is 15.3. The Kier molecular flexibility index (Phi) is 4.29. The fraction of sp³-hybridized carbons (Fsp3) is 0.400. The van der Waals surface area contributed by atoms with E-state index >= 15 is 0 Å². The van der Waals surface area contributed by atoms with Gasteiger partial charge in [0, 0.05) is 25.3 Å². The zero-order valence-electron chi connectivity index (χ0n) is 14.4. The molecule has 0 saturated carbocycles. The summed E-state index contributed by atoms with van der Waals surface area (Å²) in [5, 5.41) is 0. The minimum Gasteiger partial charge on any atom is -0.493 e. The molecule has 0 spiro atoms. The highest BCUT2D eigenvalue weighted by Gasteiger charge is 2.27. The molecule has 132 valence electrons. The van der Waals surface area contributed by atoms with Crippen LogP contribution in [-0.4, -0.2) is 32.7 Å². The Labute approximate surface area is 149 Å². The van der Waals surface area contributed by atoms with Crippen LogP contribution in [0, 0.1) is 0 Å². The van der Waals surface area contributed by atoms with Crippen LogP contribution >= 0.6 is 0 Å². The van der Waals surface area contributed by atoms with Crippen molar-refractivity contribution in [2.45, 2.75) is 36.7 Å². The highest BCUT2D eigenvalue weighted by molar-refractivity contribution is 7.90. The van der Waals surface area contributed by atoms with Crippen molar-refractivity contribution in [3.05, 3.63) is 59.2 Å². The molecule has 0 bridgehead atoms. The first kappa shape index (κ1) is 16.6. The molecule has 4 nitrogen and oxygen atoms in total. The Morgan fingerprint density at radius 2 is 1.96 bits per heavy atom. The van der Waals surface area contributed by atoms with Crippen LogP contribution < -0.4 is 4.74 Å². The number of nitrogens with zero attached hydrogens (tertiary/aromatic N) is 1. The molecule has 2 heterocycles. The highest BCUT2D eigenvalue weighted by Crippen LogP contribution is 2.36. The second-order valence-electron chi connectivity index (χ2n) is 7.01. The number of hydrogen-bond acceptors (Lipinski definition) is 4. The molecule has 2 aliphatic heterocycles. The summed E-state index contributed by atoms with van der Waals surface area (Å²) in [5.74, 6) is 1.04. The molecule has 1 fully saturated rings. The Hall–Kier alpha value is -1.85. The molecule has 2 aromatic carbocycles. The quantitative estimate of drug-likeness (QED) is 0.842. The third kappa shape index (κ3) is 3.44. The van der Waals surface area contributed by atoms with E-state index in [1.807, 2.05) is 12.1 Å². The van der Waals surface area contributed by atoms with Crippen molar-refractivity contribution in [1.82, 2.24) is 4.90 Å². The van der Waals surface area contributed by atoms with Crippen LogP contribution in [-0.2, 0) is 22.8 Å². The second kappa shape index (κ2) is 6.46. The molecule has 2 aromatic rings. The number of rotatable bonds is 4. The topological polar surface area (TPSA) is 46.6 Å². The Morgan fingerprint density at radius 1 is 1.16 bits per heavy atom. The molecule has 1 unspecified atom stereocenters. The van der Waals surface area contributed by atoms with Crippen LogP contribution in [0.2, 0.25) is 0 Å². The van der Waals surface area contributed by atoms with Crippen molar-refractivity contribution in [1.29, 1.82) is 0 Å². The van der Waals surface area contributed by atoms with Gasteiger partial charge >= 0.3 is 0 Å². The van der Waals surface area contributed by atoms with E-state index in [1.165, 1.54) is 23.8 Å². The lowest BCUT2D eigenvalue weighted by Crippen LogP contribution is -2.22. The number of hydrogen-bond donors (Lipinski definition) is 0. The second-order valence-corrected chi connectivity index (χ2v) is 9.03. The summed E-state index contributed by atoms with van der Waals surface area (Å²) in [5.41, 5.74) is 3.78. The molecule has 1 saturated heterocycles. The number of benzene rings is 2. The lowest BCUT2D eigenvalue weighted by molar-refractivity contribution is 0.248. The van der Waals surface area contributed by atoms with Gasteiger partial charge in [-0.05, 0) is 54.3 Å². The molecule has 25 heavy (non-hydrogen) atoms. The minimum atomic E-state index is -3.13. The van der Waals surface area contributed by atoms with Crippen molar-refractivity contribution in [3.63, 3.8) is 0 Å². The maximum Gasteiger partial charge on any atom is 0.175 e. The number of likely N-dealkylation sites (tertiary alicyclic amines) is 1. The Morgan fingerprint density at radius 3 is 2.72 bits per heavy atom. The van der Waals surface area contributed by atoms with E-state index in [-0.39, 0.29) is 0 Å². The van der Waals surface area contributed by atoms with Crippen molar-refractivity contribution in [3.8, 4) is 5.75 Å². The van der Waals surface area contributed by atoms with Gasteiger partial charge in [0.2, 0.25) is 0 Å². The lowest BCUT2D eigenvalue weighted by atomic mass is 10.0. The lowest BCUT2D eigenvalue weighted by Gasteiger charge is -2.25. The molecule has 2 aliphatic rings. The fourth-order valence-electron chi connectivity index (χ4n) is 3.86. The van der Waals surface area contributed by atoms with Crippen LogP contribution in [0.5, 0.6) is 5.75 Å². The van der Waals surface area contributed by atoms with Gasteiger partial charge in [-0.3, -0.25) is 4.90 Å². The van der Waals surface area contributed by atoms with E-state index in [2.05, 4.69) is 23.1 Å². The van der Waals surface area contributed by atoms with Gasteiger partial charge in [0.1, 0.15) is 5.75 Å². The first-order valence-electron chi connectivity index (χ1n) is 8.79. The van der Waals surface area contributed by atoms with E-state index in [4.69, 9.17) is 4.74 Å². The van der Waals surface area contributed by atoms with E-state index in [9.17, 15) is 8.42 Å². The first-order chi connectivity index (χ1) is 12.0. The van der Waals surface area contributed by atoms with Gasteiger partial charge < -0.3 is 4.74 Å². The molecule has 4 rings (SSSR count). The molecule has 0 radical (unpaired) electrons. The van der Waals surface area contributed by atoms with E-state index in [0.29, 0.717) is 10.9 Å². The van der Waals surface area contributed by atoms with Crippen molar-refractivity contribution >= 4 is 9.84 Å². The van der Waals surface area contributed by atoms with Crippen LogP contribution in [0.15, 0.2) is 47.4 Å². The fourth-order valence-corrected chi connectivity index (χ4v) is 4.49. The SMILES string of the molecule is CS(=O)(=O)c1ccc(CN2CCCC2c2ccc3c(c2)OCC3)cc1. The molecule has 5 heteroatoms. The van der Waals surface area contributed by atoms with Crippen molar-refractivity contribution in [2.24, 2.45) is 0 Å². The van der Waals surface area contributed by atoms with Crippen LogP contribution in [0.1, 0.15) is 35.6 Å². The third-order valence-electron chi connectivity index (χ3n) is 5.21. The Balaban J connectivity index is 1.52. The molecule has 0 N–H and O–H groups in total. The van der Waals surface area contributed by atoms with Crippen LogP contribution in [0.4, 0.5) is 0 Å². The third-order valence-corrected chi connectivity index (χ3v) is 6.33. The van der Waals surface area contributed by atoms with Gasteiger partial charge in [-0.15, -0.1) is 0 Å². The predicted octanol–water partition coefficient (Wildman–Crippen LogP) is 3.36. The summed E-state index contributed by atoms with van der Waals surface area (Å²) in [6, 6.07) is 14.3. The van der Waals surface area contributed by atoms with Gasteiger partial charge in [-0.2, -0.15) is 0 Å². The van der Waals surface area contributed by atoms with Gasteiger partial charge in [0.15, 0.2) is 9.84 Å². The van der Waals surface area contributed by atoms with Crippen molar-refractivity contribution in [2.75, 3.05) is 19.4 Å². The highest BCUT2D eigenvalue weighted by atomic mass is 32.2. The van der Waals surface area contributed by atoms with Crippen LogP contribution in [0.3, 0.4) is 0 Å². The normalized spacial score (nSPS) is 20.4. The molecule has 0 aliphatic carbocycles. The first-order valence-corrected chi connectivity index (χ1v) is 10.7. The summed E-state index contributed by atoms with van der Waals surface area (Å²) in [6.45, 7) is 2.70. The standard InChI is InChI=1S/C20H23NO3S/c1-25(22,23)18-8-4-15(5-9-18)14-21-11-2-3-19(21)17-7-6-16-10-12-24-20(16)13-17/h4-9,13,19H,2-3,10-12,14H2,1H3.